The molecule has 0 radical (unpaired) electrons. The summed E-state index contributed by atoms with van der Waals surface area (Å²) in [6, 6.07) is 10.9. The average Bonchev–Trinajstić information content (AvgIpc) is 2.76. The lowest BCUT2D eigenvalue weighted by atomic mass is 10.1. The van der Waals surface area contributed by atoms with Crippen molar-refractivity contribution in [2.75, 3.05) is 32.8 Å². The normalized spacial score (nSPS) is 16.6. The first-order valence-electron chi connectivity index (χ1n) is 10.2. The Kier molecular flexibility index (Phi) is 8.02. The van der Waals surface area contributed by atoms with Gasteiger partial charge in [0.2, 0.25) is 11.8 Å². The predicted octanol–water partition coefficient (Wildman–Crippen LogP) is 1.37. The van der Waals surface area contributed by atoms with Crippen LogP contribution in [-0.4, -0.2) is 60.6 Å². The first kappa shape index (κ1) is 21.6. The van der Waals surface area contributed by atoms with Crippen LogP contribution in [0.1, 0.15) is 18.9 Å². The minimum absolute atomic E-state index is 0.107. The number of ether oxygens (including phenoxy) is 2. The summed E-state index contributed by atoms with van der Waals surface area (Å²) in [5, 5.41) is 5.67. The van der Waals surface area contributed by atoms with Crippen molar-refractivity contribution in [1.29, 1.82) is 0 Å². The molecule has 8 heteroatoms. The Morgan fingerprint density at radius 1 is 1.23 bits per heavy atom. The van der Waals surface area contributed by atoms with Gasteiger partial charge >= 0.3 is 0 Å². The Morgan fingerprint density at radius 3 is 2.80 bits per heavy atom. The van der Waals surface area contributed by atoms with Gasteiger partial charge in [-0.3, -0.25) is 19.5 Å². The molecule has 0 spiro atoms. The number of benzene rings is 1. The number of hydrogen-bond acceptors (Lipinski definition) is 6. The highest BCUT2D eigenvalue weighted by Gasteiger charge is 2.31. The van der Waals surface area contributed by atoms with Gasteiger partial charge in [-0.1, -0.05) is 12.1 Å². The van der Waals surface area contributed by atoms with Gasteiger partial charge in [-0.2, -0.15) is 0 Å². The zero-order chi connectivity index (χ0) is 21.2. The standard InChI is InChI=1S/C22H28N4O4/c1-2-29-18-7-5-17(6-8-18)16-26-12-10-25-22(28)20(26)14-21(27)24-11-13-30-19-4-3-9-23-15-19/h3-9,15,20H,2,10-14,16H2,1H3,(H,24,27)(H,25,28)/t20-/m1/s1. The first-order chi connectivity index (χ1) is 14.7. The first-order valence-corrected chi connectivity index (χ1v) is 10.2. The van der Waals surface area contributed by atoms with Crippen LogP contribution in [0.5, 0.6) is 11.5 Å². The zero-order valence-corrected chi connectivity index (χ0v) is 17.2. The number of pyridine rings is 1. The Hall–Kier alpha value is -3.13. The van der Waals surface area contributed by atoms with Crippen molar-refractivity contribution >= 4 is 11.8 Å². The van der Waals surface area contributed by atoms with Gasteiger partial charge in [0, 0.05) is 25.8 Å². The van der Waals surface area contributed by atoms with Gasteiger partial charge in [0.25, 0.3) is 0 Å². The van der Waals surface area contributed by atoms with Crippen LogP contribution in [0.2, 0.25) is 0 Å². The third-order valence-electron chi connectivity index (χ3n) is 4.77. The number of nitrogens with one attached hydrogen (secondary N) is 2. The highest BCUT2D eigenvalue weighted by molar-refractivity contribution is 5.88. The molecule has 0 unspecified atom stereocenters. The maximum atomic E-state index is 12.4. The molecular formula is C22H28N4O4. The number of piperazine rings is 1. The van der Waals surface area contributed by atoms with Gasteiger partial charge in [-0.05, 0) is 36.8 Å². The van der Waals surface area contributed by atoms with Crippen molar-refractivity contribution in [3.63, 3.8) is 0 Å². The van der Waals surface area contributed by atoms with Crippen molar-refractivity contribution < 1.29 is 19.1 Å². The van der Waals surface area contributed by atoms with Crippen LogP contribution >= 0.6 is 0 Å². The van der Waals surface area contributed by atoms with Crippen LogP contribution in [-0.2, 0) is 16.1 Å². The third kappa shape index (κ3) is 6.45. The number of aromatic nitrogens is 1. The number of amides is 2. The lowest BCUT2D eigenvalue weighted by molar-refractivity contribution is -0.134. The number of hydrogen-bond donors (Lipinski definition) is 2. The van der Waals surface area contributed by atoms with E-state index in [0.717, 1.165) is 11.3 Å². The van der Waals surface area contributed by atoms with Crippen molar-refractivity contribution in [2.24, 2.45) is 0 Å². The van der Waals surface area contributed by atoms with Crippen molar-refractivity contribution in [2.45, 2.75) is 25.9 Å². The van der Waals surface area contributed by atoms with Gasteiger partial charge < -0.3 is 20.1 Å². The summed E-state index contributed by atoms with van der Waals surface area (Å²) < 4.78 is 11.0. The van der Waals surface area contributed by atoms with Crippen LogP contribution in [0, 0.1) is 0 Å². The van der Waals surface area contributed by atoms with Gasteiger partial charge in [-0.15, -0.1) is 0 Å². The molecule has 1 fully saturated rings. The summed E-state index contributed by atoms with van der Waals surface area (Å²) in [7, 11) is 0. The largest absolute Gasteiger partial charge is 0.494 e. The van der Waals surface area contributed by atoms with Crippen LogP contribution in [0.15, 0.2) is 48.8 Å². The van der Waals surface area contributed by atoms with Crippen LogP contribution in [0.3, 0.4) is 0 Å². The second kappa shape index (κ2) is 11.2. The lowest BCUT2D eigenvalue weighted by Crippen LogP contribution is -2.56. The molecule has 2 heterocycles. The molecule has 1 aromatic carbocycles. The quantitative estimate of drug-likeness (QED) is 0.573. The van der Waals surface area contributed by atoms with E-state index in [0.29, 0.717) is 45.1 Å². The highest BCUT2D eigenvalue weighted by Crippen LogP contribution is 2.17. The van der Waals surface area contributed by atoms with E-state index >= 15 is 0 Å². The Balaban J connectivity index is 1.48. The zero-order valence-electron chi connectivity index (χ0n) is 17.2. The van der Waals surface area contributed by atoms with Gasteiger partial charge in [0.1, 0.15) is 18.1 Å². The summed E-state index contributed by atoms with van der Waals surface area (Å²) in [4.78, 5) is 30.8. The molecule has 0 saturated carbocycles. The van der Waals surface area contributed by atoms with Crippen LogP contribution in [0.4, 0.5) is 0 Å². The number of carbonyl (C=O) groups is 2. The summed E-state index contributed by atoms with van der Waals surface area (Å²) >= 11 is 0. The van der Waals surface area contributed by atoms with E-state index in [2.05, 4.69) is 15.6 Å². The van der Waals surface area contributed by atoms with Crippen molar-refractivity contribution in [1.82, 2.24) is 20.5 Å². The molecule has 3 rings (SSSR count). The van der Waals surface area contributed by atoms with E-state index in [4.69, 9.17) is 9.47 Å². The molecule has 2 N–H and O–H groups in total. The molecule has 2 aromatic rings. The summed E-state index contributed by atoms with van der Waals surface area (Å²) in [5.41, 5.74) is 1.07. The van der Waals surface area contributed by atoms with Gasteiger partial charge in [0.15, 0.2) is 0 Å². The summed E-state index contributed by atoms with van der Waals surface area (Å²) in [6.07, 6.45) is 3.39. The maximum Gasteiger partial charge on any atom is 0.237 e. The van der Waals surface area contributed by atoms with Crippen LogP contribution < -0.4 is 20.1 Å². The summed E-state index contributed by atoms with van der Waals surface area (Å²) in [5.74, 6) is 1.18. The number of rotatable bonds is 10. The molecule has 8 nitrogen and oxygen atoms in total. The van der Waals surface area contributed by atoms with E-state index in [1.54, 1.807) is 24.5 Å². The molecule has 1 atom stereocenters. The maximum absolute atomic E-state index is 12.4. The number of carbonyl (C=O) groups excluding carboxylic acids is 2. The molecule has 1 aliphatic heterocycles. The monoisotopic (exact) mass is 412 g/mol. The van der Waals surface area contributed by atoms with E-state index < -0.39 is 6.04 Å². The third-order valence-corrected chi connectivity index (χ3v) is 4.77. The van der Waals surface area contributed by atoms with Crippen molar-refractivity contribution in [3.8, 4) is 11.5 Å². The Bertz CT molecular complexity index is 814. The minimum Gasteiger partial charge on any atom is -0.494 e. The Morgan fingerprint density at radius 2 is 2.07 bits per heavy atom. The molecule has 2 amide bonds. The second-order valence-corrected chi connectivity index (χ2v) is 6.95. The lowest BCUT2D eigenvalue weighted by Gasteiger charge is -2.34. The number of nitrogens with zero attached hydrogens (tertiary/aromatic N) is 2. The molecule has 0 aliphatic carbocycles. The highest BCUT2D eigenvalue weighted by atomic mass is 16.5. The fourth-order valence-electron chi connectivity index (χ4n) is 3.31. The fraction of sp³-hybridized carbons (Fsp3) is 0.409. The minimum atomic E-state index is -0.496. The Labute approximate surface area is 176 Å². The molecule has 1 saturated heterocycles. The fourth-order valence-corrected chi connectivity index (χ4v) is 3.31. The topological polar surface area (TPSA) is 92.8 Å². The molecule has 160 valence electrons. The van der Waals surface area contributed by atoms with Crippen LogP contribution in [0.25, 0.3) is 0 Å². The van der Waals surface area contributed by atoms with Gasteiger partial charge in [0.05, 0.1) is 31.8 Å². The summed E-state index contributed by atoms with van der Waals surface area (Å²) in [6.45, 7) is 5.14. The molecule has 1 aliphatic rings. The van der Waals surface area contributed by atoms with Crippen molar-refractivity contribution in [3.05, 3.63) is 54.4 Å². The van der Waals surface area contributed by atoms with E-state index in [-0.39, 0.29) is 18.2 Å². The van der Waals surface area contributed by atoms with E-state index in [1.807, 2.05) is 36.1 Å². The SMILES string of the molecule is CCOc1ccc(CN2CCNC(=O)[C@H]2CC(=O)NCCOc2cccnc2)cc1. The van der Waals surface area contributed by atoms with E-state index in [1.165, 1.54) is 0 Å². The second-order valence-electron chi connectivity index (χ2n) is 6.95. The predicted molar refractivity (Wildman–Crippen MR) is 112 cm³/mol. The van der Waals surface area contributed by atoms with Gasteiger partial charge in [-0.25, -0.2) is 0 Å². The average molecular weight is 412 g/mol. The molecule has 1 aromatic heterocycles. The molecule has 30 heavy (non-hydrogen) atoms. The molecule has 0 bridgehead atoms. The van der Waals surface area contributed by atoms with E-state index in [9.17, 15) is 9.59 Å². The molecular weight excluding hydrogens is 384 g/mol. The smallest absolute Gasteiger partial charge is 0.237 e.